The van der Waals surface area contributed by atoms with Gasteiger partial charge in [-0.25, -0.2) is 0 Å². The number of halogens is 3. The average molecular weight is 281 g/mol. The molecule has 0 heterocycles. The Morgan fingerprint density at radius 3 is 2.15 bits per heavy atom. The second-order valence-corrected chi connectivity index (χ2v) is 4.45. The summed E-state index contributed by atoms with van der Waals surface area (Å²) in [4.78, 5) is 0. The molecule has 0 saturated carbocycles. The largest absolute Gasteiger partial charge is 0.573 e. The van der Waals surface area contributed by atoms with Crippen molar-refractivity contribution in [2.24, 2.45) is 5.73 Å². The van der Waals surface area contributed by atoms with E-state index in [1.54, 1.807) is 12.1 Å². The third-order valence-corrected chi connectivity index (χ3v) is 2.85. The van der Waals surface area contributed by atoms with Gasteiger partial charge in [-0.1, -0.05) is 36.4 Å². The van der Waals surface area contributed by atoms with E-state index in [-0.39, 0.29) is 11.8 Å². The number of benzene rings is 2. The van der Waals surface area contributed by atoms with Crippen molar-refractivity contribution in [2.45, 2.75) is 19.3 Å². The molecule has 2 nitrogen and oxygen atoms in total. The molecule has 0 radical (unpaired) electrons. The highest BCUT2D eigenvalue weighted by Gasteiger charge is 2.30. The monoisotopic (exact) mass is 281 g/mol. The molecule has 0 aliphatic heterocycles. The molecule has 0 amide bonds. The van der Waals surface area contributed by atoms with Gasteiger partial charge in [-0.05, 0) is 35.7 Å². The molecular formula is C15H14F3NO. The quantitative estimate of drug-likeness (QED) is 0.911. The summed E-state index contributed by atoms with van der Waals surface area (Å²) in [5, 5.41) is 0. The van der Waals surface area contributed by atoms with E-state index in [0.29, 0.717) is 0 Å². The van der Waals surface area contributed by atoms with Crippen LogP contribution in [0.3, 0.4) is 0 Å². The minimum absolute atomic E-state index is 0.155. The van der Waals surface area contributed by atoms with Gasteiger partial charge in [0.2, 0.25) is 0 Å². The van der Waals surface area contributed by atoms with Crippen LogP contribution in [0.2, 0.25) is 0 Å². The fraction of sp³-hybridized carbons (Fsp3) is 0.200. The highest BCUT2D eigenvalue weighted by atomic mass is 19.4. The highest BCUT2D eigenvalue weighted by molar-refractivity contribution is 5.68. The summed E-state index contributed by atoms with van der Waals surface area (Å²) in [6, 6.07) is 13.1. The van der Waals surface area contributed by atoms with E-state index in [0.717, 1.165) is 16.7 Å². The highest BCUT2D eigenvalue weighted by Crippen LogP contribution is 2.30. The van der Waals surface area contributed by atoms with Gasteiger partial charge in [0, 0.05) is 6.04 Å². The Balaban J connectivity index is 2.31. The van der Waals surface area contributed by atoms with E-state index >= 15 is 0 Å². The fourth-order valence-corrected chi connectivity index (χ4v) is 1.99. The molecule has 5 heteroatoms. The Bertz CT molecular complexity index is 576. The lowest BCUT2D eigenvalue weighted by Crippen LogP contribution is -2.16. The van der Waals surface area contributed by atoms with E-state index in [1.807, 2.05) is 31.2 Å². The predicted octanol–water partition coefficient (Wildman–Crippen LogP) is 4.27. The van der Waals surface area contributed by atoms with Crippen molar-refractivity contribution in [3.05, 3.63) is 54.1 Å². The van der Waals surface area contributed by atoms with Crippen LogP contribution in [-0.4, -0.2) is 6.36 Å². The molecule has 20 heavy (non-hydrogen) atoms. The molecule has 0 aromatic heterocycles. The first-order valence-corrected chi connectivity index (χ1v) is 6.07. The average Bonchev–Trinajstić information content (AvgIpc) is 2.38. The molecule has 0 aliphatic carbocycles. The summed E-state index contributed by atoms with van der Waals surface area (Å²) < 4.78 is 40.1. The molecule has 0 bridgehead atoms. The lowest BCUT2D eigenvalue weighted by atomic mass is 9.96. The molecule has 2 aromatic rings. The first-order valence-electron chi connectivity index (χ1n) is 6.07. The standard InChI is InChI=1S/C15H14F3NO/c1-10(19)13-4-2-3-5-14(13)11-6-8-12(9-7-11)20-15(16,17)18/h2-10H,19H2,1H3. The number of hydrogen-bond acceptors (Lipinski definition) is 2. The first-order chi connectivity index (χ1) is 9.37. The van der Waals surface area contributed by atoms with Crippen LogP contribution < -0.4 is 10.5 Å². The van der Waals surface area contributed by atoms with Crippen molar-refractivity contribution < 1.29 is 17.9 Å². The number of nitrogens with two attached hydrogens (primary N) is 1. The summed E-state index contributed by atoms with van der Waals surface area (Å²) in [5.41, 5.74) is 8.54. The molecule has 2 rings (SSSR count). The zero-order valence-electron chi connectivity index (χ0n) is 10.8. The van der Waals surface area contributed by atoms with Crippen LogP contribution in [0.4, 0.5) is 13.2 Å². The minimum Gasteiger partial charge on any atom is -0.406 e. The van der Waals surface area contributed by atoms with Crippen molar-refractivity contribution in [1.82, 2.24) is 0 Å². The SMILES string of the molecule is CC(N)c1ccccc1-c1ccc(OC(F)(F)F)cc1. The Morgan fingerprint density at radius 1 is 1.00 bits per heavy atom. The fourth-order valence-electron chi connectivity index (χ4n) is 1.99. The lowest BCUT2D eigenvalue weighted by molar-refractivity contribution is -0.274. The predicted molar refractivity (Wildman–Crippen MR) is 71.2 cm³/mol. The van der Waals surface area contributed by atoms with Crippen LogP contribution in [0.5, 0.6) is 5.75 Å². The molecule has 0 fully saturated rings. The second kappa shape index (κ2) is 5.54. The summed E-state index contributed by atoms with van der Waals surface area (Å²) in [5.74, 6) is -0.237. The maximum atomic E-state index is 12.1. The number of rotatable bonds is 3. The summed E-state index contributed by atoms with van der Waals surface area (Å²) in [7, 11) is 0. The van der Waals surface area contributed by atoms with Gasteiger partial charge >= 0.3 is 6.36 Å². The van der Waals surface area contributed by atoms with E-state index in [1.165, 1.54) is 12.1 Å². The van der Waals surface area contributed by atoms with Crippen molar-refractivity contribution in [1.29, 1.82) is 0 Å². The topological polar surface area (TPSA) is 35.2 Å². The van der Waals surface area contributed by atoms with Gasteiger partial charge < -0.3 is 10.5 Å². The van der Waals surface area contributed by atoms with Crippen molar-refractivity contribution >= 4 is 0 Å². The van der Waals surface area contributed by atoms with Gasteiger partial charge in [-0.2, -0.15) is 0 Å². The molecule has 1 atom stereocenters. The van der Waals surface area contributed by atoms with Crippen molar-refractivity contribution in [3.63, 3.8) is 0 Å². The minimum atomic E-state index is -4.68. The Labute approximate surface area is 115 Å². The number of hydrogen-bond donors (Lipinski definition) is 1. The zero-order valence-corrected chi connectivity index (χ0v) is 10.8. The van der Waals surface area contributed by atoms with E-state index in [9.17, 15) is 13.2 Å². The Hall–Kier alpha value is -2.01. The van der Waals surface area contributed by atoms with Crippen LogP contribution in [0.1, 0.15) is 18.5 Å². The molecule has 0 aliphatic rings. The first kappa shape index (κ1) is 14.4. The third-order valence-electron chi connectivity index (χ3n) is 2.85. The smallest absolute Gasteiger partial charge is 0.406 e. The Kier molecular flexibility index (Phi) is 3.99. The summed E-state index contributed by atoms with van der Waals surface area (Å²) in [6.07, 6.45) is -4.68. The van der Waals surface area contributed by atoms with Gasteiger partial charge in [-0.3, -0.25) is 0 Å². The van der Waals surface area contributed by atoms with Gasteiger partial charge in [-0.15, -0.1) is 13.2 Å². The zero-order chi connectivity index (χ0) is 14.8. The molecule has 2 N–H and O–H groups in total. The van der Waals surface area contributed by atoms with Crippen LogP contribution in [-0.2, 0) is 0 Å². The van der Waals surface area contributed by atoms with E-state index in [4.69, 9.17) is 5.73 Å². The maximum absolute atomic E-state index is 12.1. The summed E-state index contributed by atoms with van der Waals surface area (Å²) >= 11 is 0. The van der Waals surface area contributed by atoms with Gasteiger partial charge in [0.05, 0.1) is 0 Å². The van der Waals surface area contributed by atoms with Gasteiger partial charge in [0.25, 0.3) is 0 Å². The number of ether oxygens (including phenoxy) is 1. The molecule has 0 saturated heterocycles. The van der Waals surface area contributed by atoms with Crippen molar-refractivity contribution in [2.75, 3.05) is 0 Å². The lowest BCUT2D eigenvalue weighted by Gasteiger charge is -2.13. The van der Waals surface area contributed by atoms with E-state index < -0.39 is 6.36 Å². The normalized spacial score (nSPS) is 13.1. The molecule has 1 unspecified atom stereocenters. The third kappa shape index (κ3) is 3.51. The number of alkyl halides is 3. The van der Waals surface area contributed by atoms with Crippen LogP contribution in [0.25, 0.3) is 11.1 Å². The van der Waals surface area contributed by atoms with Gasteiger partial charge in [0.1, 0.15) is 5.75 Å². The molecular weight excluding hydrogens is 267 g/mol. The van der Waals surface area contributed by atoms with Crippen LogP contribution in [0.15, 0.2) is 48.5 Å². The second-order valence-electron chi connectivity index (χ2n) is 4.45. The van der Waals surface area contributed by atoms with E-state index in [2.05, 4.69) is 4.74 Å². The Morgan fingerprint density at radius 2 is 1.60 bits per heavy atom. The van der Waals surface area contributed by atoms with Crippen LogP contribution in [0, 0.1) is 0 Å². The van der Waals surface area contributed by atoms with Crippen LogP contribution >= 0.6 is 0 Å². The van der Waals surface area contributed by atoms with Crippen molar-refractivity contribution in [3.8, 4) is 16.9 Å². The summed E-state index contributed by atoms with van der Waals surface area (Å²) in [6.45, 7) is 1.86. The molecule has 106 valence electrons. The molecule has 0 spiro atoms. The molecule has 2 aromatic carbocycles. The van der Waals surface area contributed by atoms with Gasteiger partial charge in [0.15, 0.2) is 0 Å². The maximum Gasteiger partial charge on any atom is 0.573 e.